The third-order valence-corrected chi connectivity index (χ3v) is 5.62. The molecule has 1 aliphatic heterocycles. The highest BCUT2D eigenvalue weighted by Gasteiger charge is 2.53. The summed E-state index contributed by atoms with van der Waals surface area (Å²) in [4.78, 5) is 57.6. The summed E-state index contributed by atoms with van der Waals surface area (Å²) in [6.45, 7) is 3.96. The van der Waals surface area contributed by atoms with Gasteiger partial charge in [0.05, 0.1) is 9.73 Å². The molecular formula is C18H24F3NO11S. The molecule has 1 amide bonds. The van der Waals surface area contributed by atoms with Gasteiger partial charge in [-0.15, -0.1) is 0 Å². The van der Waals surface area contributed by atoms with Crippen molar-refractivity contribution in [3.8, 4) is 0 Å². The number of carbonyl (C=O) groups excluding carboxylic acids is 5. The van der Waals surface area contributed by atoms with E-state index in [4.69, 9.17) is 23.7 Å². The van der Waals surface area contributed by atoms with Crippen LogP contribution in [0.15, 0.2) is 4.36 Å². The standard InChI is InChI=1S/C18H24F3NO11S/c1-8(23)29-13-12(6-7-34(5,28)22-17(27)18(19,20)21)33-16(32-11(4)26)15(31-10(3)25)14(13)30-9(2)24/h12-16H,6-7H2,1-5H3/t12-,13-,14+,15+,16+,34?/m1/s1. The molecule has 34 heavy (non-hydrogen) atoms. The molecular weight excluding hydrogens is 495 g/mol. The van der Waals surface area contributed by atoms with E-state index in [0.29, 0.717) is 0 Å². The highest BCUT2D eigenvalue weighted by atomic mass is 32.2. The first-order valence-corrected chi connectivity index (χ1v) is 11.7. The van der Waals surface area contributed by atoms with Crippen molar-refractivity contribution in [3.63, 3.8) is 0 Å². The molecule has 16 heteroatoms. The Hall–Kier alpha value is -2.75. The number of carbonyl (C=O) groups is 5. The highest BCUT2D eigenvalue weighted by Crippen LogP contribution is 2.31. The van der Waals surface area contributed by atoms with Crippen molar-refractivity contribution in [2.45, 2.75) is 71.0 Å². The molecule has 0 N–H and O–H groups in total. The van der Waals surface area contributed by atoms with E-state index in [1.807, 2.05) is 0 Å². The van der Waals surface area contributed by atoms with Crippen LogP contribution in [0.5, 0.6) is 0 Å². The Morgan fingerprint density at radius 1 is 0.824 bits per heavy atom. The second-order valence-corrected chi connectivity index (χ2v) is 9.73. The molecule has 6 atom stereocenters. The summed E-state index contributed by atoms with van der Waals surface area (Å²) in [5.74, 6) is -6.83. The molecule has 0 saturated carbocycles. The van der Waals surface area contributed by atoms with E-state index < -0.39 is 88.6 Å². The van der Waals surface area contributed by atoms with Crippen molar-refractivity contribution in [3.05, 3.63) is 0 Å². The lowest BCUT2D eigenvalue weighted by Crippen LogP contribution is -2.62. The van der Waals surface area contributed by atoms with Crippen LogP contribution >= 0.6 is 0 Å². The fraction of sp³-hybridized carbons (Fsp3) is 0.722. The van der Waals surface area contributed by atoms with Gasteiger partial charge >= 0.3 is 36.0 Å². The minimum absolute atomic E-state index is 0.454. The molecule has 0 aromatic rings. The third kappa shape index (κ3) is 9.24. The summed E-state index contributed by atoms with van der Waals surface area (Å²) < 4.78 is 78.5. The van der Waals surface area contributed by atoms with Crippen molar-refractivity contribution < 1.29 is 65.0 Å². The summed E-state index contributed by atoms with van der Waals surface area (Å²) in [6, 6.07) is 0. The van der Waals surface area contributed by atoms with Crippen molar-refractivity contribution in [2.24, 2.45) is 4.36 Å². The van der Waals surface area contributed by atoms with E-state index in [9.17, 15) is 41.4 Å². The molecule has 1 aliphatic rings. The molecule has 1 saturated heterocycles. The SMILES string of the molecule is CC(=O)O[C@H]1O[C@H](CCS(C)(=O)=NC(=O)C(F)(F)F)[C@@H](OC(C)=O)[C@H](OC(C)=O)[C@@H]1OC(C)=O. The number of ether oxygens (including phenoxy) is 5. The van der Waals surface area contributed by atoms with E-state index in [-0.39, 0.29) is 0 Å². The Bertz CT molecular complexity index is 942. The molecule has 0 aromatic carbocycles. The van der Waals surface area contributed by atoms with E-state index in [1.165, 1.54) is 0 Å². The molecule has 1 fully saturated rings. The molecule has 1 heterocycles. The predicted molar refractivity (Wildman–Crippen MR) is 104 cm³/mol. The van der Waals surface area contributed by atoms with Crippen molar-refractivity contribution in [1.82, 2.24) is 0 Å². The zero-order valence-electron chi connectivity index (χ0n) is 18.8. The lowest BCUT2D eigenvalue weighted by molar-refractivity contribution is -0.295. The second kappa shape index (κ2) is 11.6. The maximum Gasteiger partial charge on any atom is 0.474 e. The number of alkyl halides is 3. The van der Waals surface area contributed by atoms with Gasteiger partial charge in [-0.3, -0.25) is 24.0 Å². The van der Waals surface area contributed by atoms with Crippen LogP contribution in [0.1, 0.15) is 34.1 Å². The molecule has 0 aliphatic carbocycles. The first kappa shape index (κ1) is 29.3. The minimum atomic E-state index is -5.33. The monoisotopic (exact) mass is 519 g/mol. The second-order valence-electron chi connectivity index (χ2n) is 7.22. The smallest absolute Gasteiger partial charge is 0.456 e. The topological polar surface area (TPSA) is 161 Å². The summed E-state index contributed by atoms with van der Waals surface area (Å²) >= 11 is 0. The molecule has 12 nitrogen and oxygen atoms in total. The molecule has 0 bridgehead atoms. The van der Waals surface area contributed by atoms with Crippen LogP contribution in [0.25, 0.3) is 0 Å². The average Bonchev–Trinajstić information content (AvgIpc) is 2.62. The van der Waals surface area contributed by atoms with Crippen LogP contribution in [-0.4, -0.2) is 82.9 Å². The van der Waals surface area contributed by atoms with Crippen LogP contribution < -0.4 is 0 Å². The summed E-state index contributed by atoms with van der Waals surface area (Å²) in [5, 5.41) is 0. The van der Waals surface area contributed by atoms with Gasteiger partial charge in [-0.2, -0.15) is 17.5 Å². The van der Waals surface area contributed by atoms with Crippen LogP contribution in [0.2, 0.25) is 0 Å². The van der Waals surface area contributed by atoms with Gasteiger partial charge in [0.15, 0.2) is 12.2 Å². The van der Waals surface area contributed by atoms with Gasteiger partial charge in [0, 0.05) is 39.7 Å². The fourth-order valence-corrected chi connectivity index (χ4v) is 4.17. The summed E-state index contributed by atoms with van der Waals surface area (Å²) in [6.07, 6.45) is -12.8. The zero-order chi connectivity index (χ0) is 26.4. The largest absolute Gasteiger partial charge is 0.474 e. The van der Waals surface area contributed by atoms with Gasteiger partial charge in [-0.25, -0.2) is 4.21 Å². The number of halogens is 3. The maximum absolute atomic E-state index is 12.5. The van der Waals surface area contributed by atoms with E-state index in [0.717, 1.165) is 34.0 Å². The number of hydrogen-bond donors (Lipinski definition) is 0. The van der Waals surface area contributed by atoms with E-state index >= 15 is 0 Å². The highest BCUT2D eigenvalue weighted by molar-refractivity contribution is 7.93. The van der Waals surface area contributed by atoms with Gasteiger partial charge in [-0.05, 0) is 6.42 Å². The van der Waals surface area contributed by atoms with Crippen LogP contribution in [0.4, 0.5) is 13.2 Å². The van der Waals surface area contributed by atoms with Crippen molar-refractivity contribution >= 4 is 39.5 Å². The number of amides is 1. The predicted octanol–water partition coefficient (Wildman–Crippen LogP) is 0.646. The normalized spacial score (nSPS) is 26.4. The molecule has 1 rings (SSSR count). The first-order valence-electron chi connectivity index (χ1n) is 9.58. The number of nitrogens with zero attached hydrogens (tertiary/aromatic N) is 1. The fourth-order valence-electron chi connectivity index (χ4n) is 2.95. The Kier molecular flexibility index (Phi) is 9.98. The average molecular weight is 519 g/mol. The van der Waals surface area contributed by atoms with Gasteiger partial charge in [0.1, 0.15) is 6.10 Å². The van der Waals surface area contributed by atoms with E-state index in [1.54, 1.807) is 0 Å². The lowest BCUT2D eigenvalue weighted by Gasteiger charge is -2.43. The molecule has 0 radical (unpaired) electrons. The first-order chi connectivity index (χ1) is 15.4. The van der Waals surface area contributed by atoms with E-state index in [2.05, 4.69) is 4.36 Å². The van der Waals surface area contributed by atoms with Gasteiger partial charge in [0.25, 0.3) is 0 Å². The Morgan fingerprint density at radius 2 is 1.26 bits per heavy atom. The summed E-state index contributed by atoms with van der Waals surface area (Å²) in [7, 11) is -3.74. The van der Waals surface area contributed by atoms with Crippen molar-refractivity contribution in [2.75, 3.05) is 12.0 Å². The van der Waals surface area contributed by atoms with Crippen LogP contribution in [-0.2, 0) is 57.4 Å². The minimum Gasteiger partial charge on any atom is -0.456 e. The third-order valence-electron chi connectivity index (χ3n) is 4.08. The van der Waals surface area contributed by atoms with Gasteiger partial charge in [-0.1, -0.05) is 0 Å². The number of hydrogen-bond acceptors (Lipinski definition) is 11. The Labute approximate surface area is 192 Å². The quantitative estimate of drug-likeness (QED) is 0.343. The summed E-state index contributed by atoms with van der Waals surface area (Å²) in [5.41, 5.74) is 0. The van der Waals surface area contributed by atoms with Crippen LogP contribution in [0, 0.1) is 0 Å². The van der Waals surface area contributed by atoms with Gasteiger partial charge in [0.2, 0.25) is 12.4 Å². The Balaban J connectivity index is 3.38. The number of rotatable bonds is 7. The lowest BCUT2D eigenvalue weighted by atomic mass is 9.96. The zero-order valence-corrected chi connectivity index (χ0v) is 19.6. The Morgan fingerprint density at radius 3 is 1.71 bits per heavy atom. The molecule has 0 aromatic heterocycles. The van der Waals surface area contributed by atoms with Crippen molar-refractivity contribution in [1.29, 1.82) is 0 Å². The molecule has 194 valence electrons. The maximum atomic E-state index is 12.5. The number of esters is 4. The van der Waals surface area contributed by atoms with Gasteiger partial charge < -0.3 is 23.7 Å². The molecule has 1 unspecified atom stereocenters. The molecule has 0 spiro atoms. The van der Waals surface area contributed by atoms with Crippen LogP contribution in [0.3, 0.4) is 0 Å².